The van der Waals surface area contributed by atoms with E-state index >= 15 is 0 Å². The fourth-order valence-electron chi connectivity index (χ4n) is 2.23. The lowest BCUT2D eigenvalue weighted by Crippen LogP contribution is -2.18. The van der Waals surface area contributed by atoms with Crippen molar-refractivity contribution in [1.29, 1.82) is 0 Å². The summed E-state index contributed by atoms with van der Waals surface area (Å²) in [5, 5.41) is 3.55. The van der Waals surface area contributed by atoms with Crippen LogP contribution in [-0.4, -0.2) is 6.54 Å². The van der Waals surface area contributed by atoms with Crippen molar-refractivity contribution in [1.82, 2.24) is 5.32 Å². The van der Waals surface area contributed by atoms with E-state index in [0.717, 1.165) is 6.54 Å². The molecule has 108 valence electrons. The molecule has 1 aromatic carbocycles. The van der Waals surface area contributed by atoms with Crippen LogP contribution in [0.15, 0.2) is 36.4 Å². The molecule has 2 heteroatoms. The van der Waals surface area contributed by atoms with Crippen molar-refractivity contribution in [3.63, 3.8) is 0 Å². The van der Waals surface area contributed by atoms with Gasteiger partial charge in [-0.1, -0.05) is 45.0 Å². The fraction of sp³-hybridized carbons (Fsp3) is 0.444. The number of benzene rings is 1. The van der Waals surface area contributed by atoms with Crippen molar-refractivity contribution in [3.05, 3.63) is 46.8 Å². The minimum Gasteiger partial charge on any atom is -0.309 e. The molecule has 1 aromatic heterocycles. The van der Waals surface area contributed by atoms with E-state index in [4.69, 9.17) is 0 Å². The third-order valence-corrected chi connectivity index (χ3v) is 4.93. The van der Waals surface area contributed by atoms with E-state index in [1.165, 1.54) is 27.3 Å². The minimum atomic E-state index is 0.448. The zero-order valence-electron chi connectivity index (χ0n) is 12.9. The molecule has 1 nitrogen and oxygen atoms in total. The second kappa shape index (κ2) is 7.05. The third-order valence-electron chi connectivity index (χ3n) is 3.62. The lowest BCUT2D eigenvalue weighted by Gasteiger charge is -2.10. The van der Waals surface area contributed by atoms with Crippen LogP contribution in [0.2, 0.25) is 0 Å². The molecule has 0 radical (unpaired) electrons. The van der Waals surface area contributed by atoms with E-state index in [1.54, 1.807) is 0 Å². The largest absolute Gasteiger partial charge is 0.309 e. The molecule has 1 N–H and O–H groups in total. The summed E-state index contributed by atoms with van der Waals surface area (Å²) in [6.07, 6.45) is 1.18. The van der Waals surface area contributed by atoms with Gasteiger partial charge < -0.3 is 5.32 Å². The summed E-state index contributed by atoms with van der Waals surface area (Å²) < 4.78 is 0. The maximum atomic E-state index is 3.55. The highest BCUT2D eigenvalue weighted by Gasteiger charge is 2.09. The van der Waals surface area contributed by atoms with Gasteiger partial charge in [-0.3, -0.25) is 0 Å². The summed E-state index contributed by atoms with van der Waals surface area (Å²) in [6, 6.07) is 13.9. The third kappa shape index (κ3) is 3.71. The molecule has 0 aliphatic rings. The zero-order valence-corrected chi connectivity index (χ0v) is 13.8. The van der Waals surface area contributed by atoms with Crippen molar-refractivity contribution >= 4 is 11.3 Å². The van der Waals surface area contributed by atoms with E-state index < -0.39 is 0 Å². The standard InChI is InChI=1S/C18H25NS/c1-5-12-19-14(4)17-10-11-18(20-17)16-8-6-15(7-9-16)13(2)3/h6-11,13-14,19H,5,12H2,1-4H3. The van der Waals surface area contributed by atoms with Gasteiger partial charge in [-0.15, -0.1) is 11.3 Å². The highest BCUT2D eigenvalue weighted by Crippen LogP contribution is 2.32. The van der Waals surface area contributed by atoms with Crippen molar-refractivity contribution in [2.45, 2.75) is 46.1 Å². The first-order chi connectivity index (χ1) is 9.61. The SMILES string of the molecule is CCCNC(C)c1ccc(-c2ccc(C(C)C)cc2)s1. The van der Waals surface area contributed by atoms with Crippen molar-refractivity contribution in [2.75, 3.05) is 6.54 Å². The van der Waals surface area contributed by atoms with Crippen LogP contribution < -0.4 is 5.32 Å². The summed E-state index contributed by atoms with van der Waals surface area (Å²) in [5.74, 6) is 0.598. The van der Waals surface area contributed by atoms with Gasteiger partial charge in [0.25, 0.3) is 0 Å². The lowest BCUT2D eigenvalue weighted by molar-refractivity contribution is 0.578. The average Bonchev–Trinajstić information content (AvgIpc) is 2.94. The summed E-state index contributed by atoms with van der Waals surface area (Å²) >= 11 is 1.90. The summed E-state index contributed by atoms with van der Waals surface area (Å²) in [4.78, 5) is 2.78. The number of nitrogens with one attached hydrogen (secondary N) is 1. The molecule has 0 amide bonds. The number of rotatable bonds is 6. The van der Waals surface area contributed by atoms with Crippen LogP contribution >= 0.6 is 11.3 Å². The normalized spacial score (nSPS) is 12.8. The van der Waals surface area contributed by atoms with Crippen molar-refractivity contribution in [3.8, 4) is 10.4 Å². The molecule has 0 fully saturated rings. The average molecular weight is 287 g/mol. The number of hydrogen-bond donors (Lipinski definition) is 1. The predicted octanol–water partition coefficient (Wildman–Crippen LogP) is 5.60. The molecule has 2 aromatic rings. The molecule has 1 unspecified atom stereocenters. The highest BCUT2D eigenvalue weighted by molar-refractivity contribution is 7.15. The Bertz CT molecular complexity index is 525. The molecule has 20 heavy (non-hydrogen) atoms. The number of thiophene rings is 1. The van der Waals surface area contributed by atoms with E-state index in [2.05, 4.69) is 69.4 Å². The fourth-order valence-corrected chi connectivity index (χ4v) is 3.27. The second-order valence-corrected chi connectivity index (χ2v) is 6.77. The van der Waals surface area contributed by atoms with Crippen LogP contribution in [0, 0.1) is 0 Å². The van der Waals surface area contributed by atoms with E-state index in [9.17, 15) is 0 Å². The predicted molar refractivity (Wildman–Crippen MR) is 90.6 cm³/mol. The van der Waals surface area contributed by atoms with Crippen LogP contribution in [0.25, 0.3) is 10.4 Å². The molecule has 0 saturated carbocycles. The molecule has 0 spiro atoms. The van der Waals surface area contributed by atoms with Crippen molar-refractivity contribution in [2.24, 2.45) is 0 Å². The van der Waals surface area contributed by atoms with Gasteiger partial charge in [-0.25, -0.2) is 0 Å². The highest BCUT2D eigenvalue weighted by atomic mass is 32.1. The Morgan fingerprint density at radius 1 is 1.00 bits per heavy atom. The van der Waals surface area contributed by atoms with Gasteiger partial charge >= 0.3 is 0 Å². The van der Waals surface area contributed by atoms with Crippen LogP contribution in [-0.2, 0) is 0 Å². The first kappa shape index (κ1) is 15.3. The Kier molecular flexibility index (Phi) is 5.38. The summed E-state index contributed by atoms with van der Waals surface area (Å²) in [5.41, 5.74) is 2.73. The summed E-state index contributed by atoms with van der Waals surface area (Å²) in [7, 11) is 0. The molecule has 0 saturated heterocycles. The van der Waals surface area contributed by atoms with Gasteiger partial charge in [-0.05, 0) is 49.1 Å². The Labute approximate surface area is 127 Å². The van der Waals surface area contributed by atoms with E-state index in [0.29, 0.717) is 12.0 Å². The topological polar surface area (TPSA) is 12.0 Å². The summed E-state index contributed by atoms with van der Waals surface area (Å²) in [6.45, 7) is 10.00. The van der Waals surface area contributed by atoms with Gasteiger partial charge in [0.05, 0.1) is 0 Å². The Morgan fingerprint density at radius 3 is 2.30 bits per heavy atom. The molecule has 0 bridgehead atoms. The van der Waals surface area contributed by atoms with E-state index in [-0.39, 0.29) is 0 Å². The second-order valence-electron chi connectivity index (χ2n) is 5.65. The molecular formula is C18H25NS. The minimum absolute atomic E-state index is 0.448. The van der Waals surface area contributed by atoms with Gasteiger partial charge in [0.1, 0.15) is 0 Å². The molecule has 0 aliphatic heterocycles. The Hall–Kier alpha value is -1.12. The van der Waals surface area contributed by atoms with Crippen molar-refractivity contribution < 1.29 is 0 Å². The molecular weight excluding hydrogens is 262 g/mol. The lowest BCUT2D eigenvalue weighted by atomic mass is 10.0. The van der Waals surface area contributed by atoms with Gasteiger partial charge in [-0.2, -0.15) is 0 Å². The van der Waals surface area contributed by atoms with Crippen LogP contribution in [0.5, 0.6) is 0 Å². The number of hydrogen-bond acceptors (Lipinski definition) is 2. The maximum absolute atomic E-state index is 3.55. The van der Waals surface area contributed by atoms with Gasteiger partial charge in [0, 0.05) is 15.8 Å². The molecule has 2 rings (SSSR count). The smallest absolute Gasteiger partial charge is 0.0386 e. The monoisotopic (exact) mass is 287 g/mol. The maximum Gasteiger partial charge on any atom is 0.0386 e. The Morgan fingerprint density at radius 2 is 1.70 bits per heavy atom. The Balaban J connectivity index is 2.11. The van der Waals surface area contributed by atoms with Gasteiger partial charge in [0.2, 0.25) is 0 Å². The quantitative estimate of drug-likeness (QED) is 0.729. The molecule has 1 heterocycles. The van der Waals surface area contributed by atoms with Crippen LogP contribution in [0.1, 0.15) is 56.5 Å². The van der Waals surface area contributed by atoms with E-state index in [1.807, 2.05) is 11.3 Å². The first-order valence-corrected chi connectivity index (χ1v) is 8.37. The molecule has 1 atom stereocenters. The van der Waals surface area contributed by atoms with Gasteiger partial charge in [0.15, 0.2) is 0 Å². The van der Waals surface area contributed by atoms with Crippen LogP contribution in [0.3, 0.4) is 0 Å². The first-order valence-electron chi connectivity index (χ1n) is 7.55. The van der Waals surface area contributed by atoms with Crippen LogP contribution in [0.4, 0.5) is 0 Å². The molecule has 0 aliphatic carbocycles. The zero-order chi connectivity index (χ0) is 14.5.